The lowest BCUT2D eigenvalue weighted by Gasteiger charge is -2.16. The highest BCUT2D eigenvalue weighted by atomic mass is 35.5. The lowest BCUT2D eigenvalue weighted by atomic mass is 10.1. The van der Waals surface area contributed by atoms with Crippen molar-refractivity contribution in [1.29, 1.82) is 0 Å². The molecule has 1 amide bonds. The second-order valence-corrected chi connectivity index (χ2v) is 7.50. The Hall–Kier alpha value is -3.06. The summed E-state index contributed by atoms with van der Waals surface area (Å²) in [7, 11) is 1.59. The molecular weight excluding hydrogens is 406 g/mol. The molecular formula is C22H22ClN3O4. The van der Waals surface area contributed by atoms with Crippen molar-refractivity contribution in [1.82, 2.24) is 15.0 Å². The third kappa shape index (κ3) is 4.26. The second-order valence-electron chi connectivity index (χ2n) is 7.06. The van der Waals surface area contributed by atoms with Gasteiger partial charge in [-0.25, -0.2) is 0 Å². The Morgan fingerprint density at radius 1 is 1.23 bits per heavy atom. The maximum Gasteiger partial charge on any atom is 0.232 e. The van der Waals surface area contributed by atoms with Crippen LogP contribution in [0.1, 0.15) is 30.7 Å². The zero-order valence-electron chi connectivity index (χ0n) is 16.8. The first-order valence-electron chi connectivity index (χ1n) is 9.74. The van der Waals surface area contributed by atoms with E-state index in [9.17, 15) is 4.79 Å². The first kappa shape index (κ1) is 20.2. The maximum absolute atomic E-state index is 12.5. The van der Waals surface area contributed by atoms with Gasteiger partial charge < -0.3 is 18.9 Å². The van der Waals surface area contributed by atoms with Crippen LogP contribution in [0.15, 0.2) is 47.0 Å². The predicted octanol–water partition coefficient (Wildman–Crippen LogP) is 4.31. The monoisotopic (exact) mass is 427 g/mol. The summed E-state index contributed by atoms with van der Waals surface area (Å²) in [5.41, 5.74) is 1.75. The van der Waals surface area contributed by atoms with E-state index in [-0.39, 0.29) is 11.8 Å². The Bertz CT molecular complexity index is 1050. The first-order chi connectivity index (χ1) is 14.6. The first-order valence-corrected chi connectivity index (χ1v) is 10.1. The van der Waals surface area contributed by atoms with Crippen molar-refractivity contribution in [2.75, 3.05) is 20.3 Å². The minimum absolute atomic E-state index is 0.0578. The molecule has 1 atom stereocenters. The van der Waals surface area contributed by atoms with E-state index in [1.54, 1.807) is 12.0 Å². The van der Waals surface area contributed by atoms with Gasteiger partial charge in [-0.15, -0.1) is 0 Å². The van der Waals surface area contributed by atoms with E-state index in [1.807, 2.05) is 49.4 Å². The summed E-state index contributed by atoms with van der Waals surface area (Å²) >= 11 is 6.05. The summed E-state index contributed by atoms with van der Waals surface area (Å²) in [6, 6.07) is 13.0. The third-order valence-corrected chi connectivity index (χ3v) is 5.22. The average Bonchev–Trinajstić information content (AvgIpc) is 3.36. The molecule has 8 heteroatoms. The van der Waals surface area contributed by atoms with Crippen molar-refractivity contribution in [3.05, 3.63) is 58.9 Å². The van der Waals surface area contributed by atoms with Crippen molar-refractivity contribution < 1.29 is 18.8 Å². The predicted molar refractivity (Wildman–Crippen MR) is 112 cm³/mol. The van der Waals surface area contributed by atoms with Gasteiger partial charge >= 0.3 is 0 Å². The normalized spacial score (nSPS) is 16.2. The summed E-state index contributed by atoms with van der Waals surface area (Å²) in [5.74, 6) is 2.09. The molecule has 1 aliphatic heterocycles. The topological polar surface area (TPSA) is 77.7 Å². The number of nitrogens with zero attached hydrogens (tertiary/aromatic N) is 3. The number of hydrogen-bond donors (Lipinski definition) is 0. The van der Waals surface area contributed by atoms with Crippen molar-refractivity contribution in [2.45, 2.75) is 25.8 Å². The summed E-state index contributed by atoms with van der Waals surface area (Å²) in [5, 5.41) is 4.75. The Kier molecular flexibility index (Phi) is 5.90. The van der Waals surface area contributed by atoms with Crippen LogP contribution in [0.2, 0.25) is 5.02 Å². The number of ether oxygens (including phenoxy) is 2. The van der Waals surface area contributed by atoms with Crippen molar-refractivity contribution in [2.24, 2.45) is 0 Å². The number of halogens is 1. The summed E-state index contributed by atoms with van der Waals surface area (Å²) in [6.45, 7) is 3.49. The standard InChI is InChI=1S/C22H22ClN3O4/c1-3-29-18-8-7-15(10-19(18)28-2)21-24-22(30-25-21)16-11-20(27)26(13-16)12-14-5-4-6-17(23)9-14/h4-10,16H,3,11-13H2,1-2H3. The molecule has 3 aromatic rings. The molecule has 1 aliphatic rings. The molecule has 7 nitrogen and oxygen atoms in total. The average molecular weight is 428 g/mol. The fraction of sp³-hybridized carbons (Fsp3) is 0.318. The van der Waals surface area contributed by atoms with E-state index in [0.717, 1.165) is 11.1 Å². The number of methoxy groups -OCH3 is 1. The molecule has 1 aromatic heterocycles. The van der Waals surface area contributed by atoms with E-state index in [1.165, 1.54) is 0 Å². The zero-order chi connectivity index (χ0) is 21.1. The van der Waals surface area contributed by atoms with E-state index < -0.39 is 0 Å². The van der Waals surface area contributed by atoms with E-state index in [2.05, 4.69) is 10.1 Å². The molecule has 2 heterocycles. The SMILES string of the molecule is CCOc1ccc(-c2noc(C3CC(=O)N(Cc4cccc(Cl)c4)C3)n2)cc1OC. The summed E-state index contributed by atoms with van der Waals surface area (Å²) < 4.78 is 16.4. The van der Waals surface area contributed by atoms with Gasteiger partial charge in [-0.3, -0.25) is 4.79 Å². The van der Waals surface area contributed by atoms with Gasteiger partial charge in [-0.1, -0.05) is 28.9 Å². The van der Waals surface area contributed by atoms with Crippen LogP contribution in [-0.2, 0) is 11.3 Å². The fourth-order valence-corrected chi connectivity index (χ4v) is 3.76. The Balaban J connectivity index is 1.48. The quantitative estimate of drug-likeness (QED) is 0.559. The molecule has 0 spiro atoms. The smallest absolute Gasteiger partial charge is 0.232 e. The Labute approximate surface area is 179 Å². The number of benzene rings is 2. The highest BCUT2D eigenvalue weighted by molar-refractivity contribution is 6.30. The van der Waals surface area contributed by atoms with E-state index >= 15 is 0 Å². The molecule has 2 aromatic carbocycles. The van der Waals surface area contributed by atoms with Crippen LogP contribution >= 0.6 is 11.6 Å². The Morgan fingerprint density at radius 3 is 2.87 bits per heavy atom. The number of aromatic nitrogens is 2. The number of amides is 1. The number of carbonyl (C=O) groups excluding carboxylic acids is 1. The van der Waals surface area contributed by atoms with Crippen molar-refractivity contribution in [3.8, 4) is 22.9 Å². The molecule has 1 saturated heterocycles. The molecule has 0 bridgehead atoms. The summed E-state index contributed by atoms with van der Waals surface area (Å²) in [6.07, 6.45) is 0.342. The van der Waals surface area contributed by atoms with Crippen LogP contribution in [-0.4, -0.2) is 41.2 Å². The minimum Gasteiger partial charge on any atom is -0.493 e. The van der Waals surface area contributed by atoms with Gasteiger partial charge in [0.15, 0.2) is 11.5 Å². The molecule has 1 fully saturated rings. The van der Waals surface area contributed by atoms with E-state index in [0.29, 0.717) is 54.4 Å². The summed E-state index contributed by atoms with van der Waals surface area (Å²) in [4.78, 5) is 18.8. The highest BCUT2D eigenvalue weighted by Gasteiger charge is 2.34. The van der Waals surface area contributed by atoms with Crippen LogP contribution < -0.4 is 9.47 Å². The van der Waals surface area contributed by atoms with Crippen LogP contribution in [0.25, 0.3) is 11.4 Å². The number of likely N-dealkylation sites (tertiary alicyclic amines) is 1. The van der Waals surface area contributed by atoms with E-state index in [4.69, 9.17) is 25.6 Å². The number of rotatable bonds is 7. The second kappa shape index (κ2) is 8.75. The maximum atomic E-state index is 12.5. The lowest BCUT2D eigenvalue weighted by molar-refractivity contribution is -0.128. The molecule has 1 unspecified atom stereocenters. The molecule has 0 N–H and O–H groups in total. The van der Waals surface area contributed by atoms with Gasteiger partial charge in [0.1, 0.15) is 0 Å². The van der Waals surface area contributed by atoms with Gasteiger partial charge in [0.05, 0.1) is 19.6 Å². The molecule has 0 aliphatic carbocycles. The van der Waals surface area contributed by atoms with Gasteiger partial charge in [-0.05, 0) is 42.8 Å². The van der Waals surface area contributed by atoms with Gasteiger partial charge in [0.2, 0.25) is 17.6 Å². The van der Waals surface area contributed by atoms with Gasteiger partial charge in [-0.2, -0.15) is 4.98 Å². The third-order valence-electron chi connectivity index (χ3n) is 4.99. The van der Waals surface area contributed by atoms with Crippen LogP contribution in [0.4, 0.5) is 0 Å². The van der Waals surface area contributed by atoms with Gasteiger partial charge in [0.25, 0.3) is 0 Å². The Morgan fingerprint density at radius 2 is 2.10 bits per heavy atom. The van der Waals surface area contributed by atoms with Crippen LogP contribution in [0, 0.1) is 0 Å². The fourth-order valence-electron chi connectivity index (χ4n) is 3.55. The molecule has 0 saturated carbocycles. The highest BCUT2D eigenvalue weighted by Crippen LogP contribution is 2.33. The molecule has 156 valence electrons. The largest absolute Gasteiger partial charge is 0.493 e. The van der Waals surface area contributed by atoms with Crippen molar-refractivity contribution in [3.63, 3.8) is 0 Å². The van der Waals surface area contributed by atoms with Crippen molar-refractivity contribution >= 4 is 17.5 Å². The molecule has 0 radical (unpaired) electrons. The number of carbonyl (C=O) groups is 1. The molecule has 4 rings (SSSR count). The minimum atomic E-state index is -0.137. The molecule has 30 heavy (non-hydrogen) atoms. The zero-order valence-corrected chi connectivity index (χ0v) is 17.6. The number of hydrogen-bond acceptors (Lipinski definition) is 6. The van der Waals surface area contributed by atoms with Gasteiger partial charge in [0, 0.05) is 30.1 Å². The lowest BCUT2D eigenvalue weighted by Crippen LogP contribution is -2.24. The van der Waals surface area contributed by atoms with Crippen LogP contribution in [0.3, 0.4) is 0 Å². The van der Waals surface area contributed by atoms with Crippen LogP contribution in [0.5, 0.6) is 11.5 Å².